The maximum atomic E-state index is 8.75. The molecule has 0 aliphatic carbocycles. The fourth-order valence-corrected chi connectivity index (χ4v) is 1.68. The highest BCUT2D eigenvalue weighted by Crippen LogP contribution is 2.37. The van der Waals surface area contributed by atoms with E-state index in [1.54, 1.807) is 19.1 Å². The summed E-state index contributed by atoms with van der Waals surface area (Å²) in [5.41, 5.74) is 0.722. The number of methoxy groups -OCH3 is 1. The summed E-state index contributed by atoms with van der Waals surface area (Å²) in [5.74, 6) is 0.247. The zero-order chi connectivity index (χ0) is 10.7. The van der Waals surface area contributed by atoms with Gasteiger partial charge in [0.1, 0.15) is 10.8 Å². The molecule has 0 aromatic heterocycles. The van der Waals surface area contributed by atoms with Gasteiger partial charge in [-0.1, -0.05) is 29.3 Å². The van der Waals surface area contributed by atoms with Crippen LogP contribution in [0.25, 0.3) is 0 Å². The second-order valence-electron chi connectivity index (χ2n) is 2.84. The smallest absolute Gasteiger partial charge is 0.138 e. The summed E-state index contributed by atoms with van der Waals surface area (Å²) >= 11 is 11.9. The van der Waals surface area contributed by atoms with Crippen LogP contribution < -0.4 is 4.74 Å². The van der Waals surface area contributed by atoms with Crippen LogP contribution in [0.15, 0.2) is 12.1 Å². The van der Waals surface area contributed by atoms with Gasteiger partial charge in [-0.2, -0.15) is 5.26 Å². The first kappa shape index (κ1) is 11.2. The standard InChI is InChI=1S/C10H9Cl2NO/c1-6(5-13)7-3-4-8(14-2)10(12)9(7)11/h3-4,6H,1-2H3. The third-order valence-corrected chi connectivity index (χ3v) is 2.84. The Balaban J connectivity index is 3.25. The number of halogens is 2. The van der Waals surface area contributed by atoms with Gasteiger partial charge in [-0.05, 0) is 18.6 Å². The Morgan fingerprint density at radius 1 is 1.36 bits per heavy atom. The SMILES string of the molecule is COc1ccc(C(C)C#N)c(Cl)c1Cl. The van der Waals surface area contributed by atoms with Gasteiger partial charge in [0.05, 0.1) is 24.1 Å². The molecule has 2 nitrogen and oxygen atoms in total. The number of ether oxygens (including phenoxy) is 1. The third kappa shape index (κ3) is 1.95. The van der Waals surface area contributed by atoms with Crippen LogP contribution in [0.5, 0.6) is 5.75 Å². The van der Waals surface area contributed by atoms with Crippen molar-refractivity contribution in [3.05, 3.63) is 27.7 Å². The maximum absolute atomic E-state index is 8.75. The minimum Gasteiger partial charge on any atom is -0.495 e. The van der Waals surface area contributed by atoms with Crippen molar-refractivity contribution in [2.75, 3.05) is 7.11 Å². The molecule has 1 aromatic rings. The van der Waals surface area contributed by atoms with E-state index in [-0.39, 0.29) is 5.92 Å². The van der Waals surface area contributed by atoms with Crippen molar-refractivity contribution in [3.63, 3.8) is 0 Å². The van der Waals surface area contributed by atoms with Crippen LogP contribution in [0.1, 0.15) is 18.4 Å². The molecule has 1 atom stereocenters. The molecule has 74 valence electrons. The maximum Gasteiger partial charge on any atom is 0.138 e. The Kier molecular flexibility index (Phi) is 3.62. The molecule has 0 fully saturated rings. The predicted octanol–water partition coefficient (Wildman–Crippen LogP) is 3.63. The van der Waals surface area contributed by atoms with E-state index in [4.69, 9.17) is 33.2 Å². The van der Waals surface area contributed by atoms with Gasteiger partial charge < -0.3 is 4.74 Å². The lowest BCUT2D eigenvalue weighted by atomic mass is 10.0. The van der Waals surface area contributed by atoms with Crippen molar-refractivity contribution in [1.82, 2.24) is 0 Å². The van der Waals surface area contributed by atoms with E-state index < -0.39 is 0 Å². The molecule has 0 aliphatic heterocycles. The average molecular weight is 230 g/mol. The summed E-state index contributed by atoms with van der Waals surface area (Å²) in [7, 11) is 1.52. The highest BCUT2D eigenvalue weighted by Gasteiger charge is 2.14. The summed E-state index contributed by atoms with van der Waals surface area (Å²) in [6.07, 6.45) is 0. The summed E-state index contributed by atoms with van der Waals surface area (Å²) < 4.78 is 4.99. The second kappa shape index (κ2) is 4.54. The van der Waals surface area contributed by atoms with Gasteiger partial charge in [0, 0.05) is 0 Å². The summed E-state index contributed by atoms with van der Waals surface area (Å²) in [5, 5.41) is 9.49. The molecule has 0 radical (unpaired) electrons. The minimum atomic E-state index is -0.272. The van der Waals surface area contributed by atoms with Gasteiger partial charge in [-0.3, -0.25) is 0 Å². The molecule has 0 spiro atoms. The minimum absolute atomic E-state index is 0.272. The first-order valence-corrected chi connectivity index (χ1v) is 4.79. The fourth-order valence-electron chi connectivity index (χ4n) is 1.11. The summed E-state index contributed by atoms with van der Waals surface area (Å²) in [6.45, 7) is 1.77. The first-order valence-electron chi connectivity index (χ1n) is 4.03. The van der Waals surface area contributed by atoms with Crippen LogP contribution in [0, 0.1) is 11.3 Å². The van der Waals surface area contributed by atoms with Crippen molar-refractivity contribution < 1.29 is 4.74 Å². The Morgan fingerprint density at radius 3 is 2.50 bits per heavy atom. The van der Waals surface area contributed by atoms with Crippen LogP contribution in [0.3, 0.4) is 0 Å². The normalized spacial score (nSPS) is 11.9. The molecule has 0 saturated heterocycles. The van der Waals surface area contributed by atoms with Gasteiger partial charge >= 0.3 is 0 Å². The molecular formula is C10H9Cl2NO. The third-order valence-electron chi connectivity index (χ3n) is 1.96. The van der Waals surface area contributed by atoms with E-state index >= 15 is 0 Å². The number of benzene rings is 1. The number of nitrogens with zero attached hydrogens (tertiary/aromatic N) is 1. The van der Waals surface area contributed by atoms with E-state index in [1.165, 1.54) is 7.11 Å². The van der Waals surface area contributed by atoms with E-state index in [9.17, 15) is 0 Å². The molecule has 0 bridgehead atoms. The van der Waals surface area contributed by atoms with E-state index in [1.807, 2.05) is 0 Å². The van der Waals surface area contributed by atoms with Crippen molar-refractivity contribution >= 4 is 23.2 Å². The van der Waals surface area contributed by atoms with Crippen LogP contribution in [0.4, 0.5) is 0 Å². The van der Waals surface area contributed by atoms with Crippen LogP contribution in [-0.2, 0) is 0 Å². The molecule has 14 heavy (non-hydrogen) atoms. The number of hydrogen-bond donors (Lipinski definition) is 0. The second-order valence-corrected chi connectivity index (χ2v) is 3.59. The Hall–Kier alpha value is -0.910. The molecule has 4 heteroatoms. The number of hydrogen-bond acceptors (Lipinski definition) is 2. The molecule has 1 unspecified atom stereocenters. The van der Waals surface area contributed by atoms with Gasteiger partial charge in [0.2, 0.25) is 0 Å². The summed E-state index contributed by atoms with van der Waals surface area (Å²) in [4.78, 5) is 0. The topological polar surface area (TPSA) is 33.0 Å². The zero-order valence-corrected chi connectivity index (χ0v) is 9.36. The quantitative estimate of drug-likeness (QED) is 0.777. The van der Waals surface area contributed by atoms with Crippen molar-refractivity contribution in [2.45, 2.75) is 12.8 Å². The largest absolute Gasteiger partial charge is 0.495 e. The molecule has 0 saturated carbocycles. The van der Waals surface area contributed by atoms with Gasteiger partial charge in [0.25, 0.3) is 0 Å². The highest BCUT2D eigenvalue weighted by atomic mass is 35.5. The lowest BCUT2D eigenvalue weighted by Gasteiger charge is -2.10. The fraction of sp³-hybridized carbons (Fsp3) is 0.300. The van der Waals surface area contributed by atoms with Crippen molar-refractivity contribution in [2.24, 2.45) is 0 Å². The highest BCUT2D eigenvalue weighted by molar-refractivity contribution is 6.43. The summed E-state index contributed by atoms with van der Waals surface area (Å²) in [6, 6.07) is 5.56. The van der Waals surface area contributed by atoms with E-state index in [2.05, 4.69) is 6.07 Å². The van der Waals surface area contributed by atoms with Gasteiger partial charge in [0.15, 0.2) is 0 Å². The lowest BCUT2D eigenvalue weighted by molar-refractivity contribution is 0.415. The van der Waals surface area contributed by atoms with E-state index in [0.29, 0.717) is 15.8 Å². The zero-order valence-electron chi connectivity index (χ0n) is 7.84. The van der Waals surface area contributed by atoms with Crippen LogP contribution >= 0.6 is 23.2 Å². The Morgan fingerprint density at radius 2 is 2.00 bits per heavy atom. The van der Waals surface area contributed by atoms with Gasteiger partial charge in [-0.15, -0.1) is 0 Å². The monoisotopic (exact) mass is 229 g/mol. The molecular weight excluding hydrogens is 221 g/mol. The molecule has 1 rings (SSSR count). The Bertz CT molecular complexity index is 384. The van der Waals surface area contributed by atoms with Crippen molar-refractivity contribution in [3.8, 4) is 11.8 Å². The molecule has 0 aliphatic rings. The molecule has 0 N–H and O–H groups in total. The van der Waals surface area contributed by atoms with Crippen molar-refractivity contribution in [1.29, 1.82) is 5.26 Å². The predicted molar refractivity (Wildman–Crippen MR) is 57.0 cm³/mol. The molecule has 0 amide bonds. The van der Waals surface area contributed by atoms with E-state index in [0.717, 1.165) is 5.56 Å². The van der Waals surface area contributed by atoms with Crippen LogP contribution in [-0.4, -0.2) is 7.11 Å². The van der Waals surface area contributed by atoms with Crippen LogP contribution in [0.2, 0.25) is 10.0 Å². The van der Waals surface area contributed by atoms with Gasteiger partial charge in [-0.25, -0.2) is 0 Å². The Labute approximate surface area is 93.0 Å². The molecule has 1 aromatic carbocycles. The number of nitriles is 1. The molecule has 0 heterocycles. The first-order chi connectivity index (χ1) is 6.61. The average Bonchev–Trinajstić information content (AvgIpc) is 2.21. The number of rotatable bonds is 2. The lowest BCUT2D eigenvalue weighted by Crippen LogP contribution is -1.93.